The van der Waals surface area contributed by atoms with Gasteiger partial charge in [0.25, 0.3) is 5.91 Å². The standard InChI is InChI=1S/C14H20BrNO2/c1-2-12-7-8-13(18-12)14(17)16-9-10-3-5-11(15)6-4-10/h7-8,10-11H,2-6,9H2,1H3,(H,16,17). The van der Waals surface area contributed by atoms with Gasteiger partial charge in [0.1, 0.15) is 5.76 Å². The van der Waals surface area contributed by atoms with Crippen molar-refractivity contribution in [2.45, 2.75) is 43.9 Å². The monoisotopic (exact) mass is 313 g/mol. The molecule has 1 aliphatic rings. The van der Waals surface area contributed by atoms with Crippen molar-refractivity contribution in [2.75, 3.05) is 6.54 Å². The van der Waals surface area contributed by atoms with Gasteiger partial charge >= 0.3 is 0 Å². The molecular weight excluding hydrogens is 294 g/mol. The van der Waals surface area contributed by atoms with Gasteiger partial charge in [-0.25, -0.2) is 0 Å². The fourth-order valence-corrected chi connectivity index (χ4v) is 2.87. The van der Waals surface area contributed by atoms with Crippen molar-refractivity contribution in [3.05, 3.63) is 23.7 Å². The zero-order chi connectivity index (χ0) is 13.0. The molecule has 0 atom stereocenters. The minimum Gasteiger partial charge on any atom is -0.456 e. The molecule has 0 radical (unpaired) electrons. The van der Waals surface area contributed by atoms with Gasteiger partial charge in [0, 0.05) is 17.8 Å². The van der Waals surface area contributed by atoms with Crippen molar-refractivity contribution in [3.8, 4) is 0 Å². The fourth-order valence-electron chi connectivity index (χ4n) is 2.34. The molecule has 1 saturated carbocycles. The van der Waals surface area contributed by atoms with Crippen LogP contribution in [0.5, 0.6) is 0 Å². The average Bonchev–Trinajstić information content (AvgIpc) is 2.86. The summed E-state index contributed by atoms with van der Waals surface area (Å²) < 4.78 is 5.43. The van der Waals surface area contributed by atoms with Crippen LogP contribution in [0.25, 0.3) is 0 Å². The van der Waals surface area contributed by atoms with E-state index in [0.717, 1.165) is 18.7 Å². The first kappa shape index (κ1) is 13.7. The summed E-state index contributed by atoms with van der Waals surface area (Å²) in [4.78, 5) is 12.5. The van der Waals surface area contributed by atoms with Gasteiger partial charge in [0.15, 0.2) is 5.76 Å². The predicted octanol–water partition coefficient (Wildman–Crippen LogP) is 3.53. The van der Waals surface area contributed by atoms with E-state index < -0.39 is 0 Å². The first-order valence-corrected chi connectivity index (χ1v) is 7.61. The third-order valence-electron chi connectivity index (χ3n) is 3.56. The van der Waals surface area contributed by atoms with Gasteiger partial charge in [-0.2, -0.15) is 0 Å². The van der Waals surface area contributed by atoms with Crippen LogP contribution in [-0.4, -0.2) is 17.3 Å². The molecule has 1 heterocycles. The van der Waals surface area contributed by atoms with Crippen LogP contribution < -0.4 is 5.32 Å². The highest BCUT2D eigenvalue weighted by Crippen LogP contribution is 2.28. The van der Waals surface area contributed by atoms with E-state index in [1.54, 1.807) is 6.07 Å². The highest BCUT2D eigenvalue weighted by Gasteiger charge is 2.20. The van der Waals surface area contributed by atoms with Crippen LogP contribution in [0, 0.1) is 5.92 Å². The zero-order valence-corrected chi connectivity index (χ0v) is 12.3. The third-order valence-corrected chi connectivity index (χ3v) is 4.48. The van der Waals surface area contributed by atoms with Crippen LogP contribution in [0.3, 0.4) is 0 Å². The van der Waals surface area contributed by atoms with Crippen LogP contribution in [0.2, 0.25) is 0 Å². The number of furan rings is 1. The normalized spacial score (nSPS) is 23.9. The van der Waals surface area contributed by atoms with Crippen molar-refractivity contribution in [1.29, 1.82) is 0 Å². The molecule has 0 aromatic carbocycles. The number of alkyl halides is 1. The van der Waals surface area contributed by atoms with E-state index in [4.69, 9.17) is 4.42 Å². The lowest BCUT2D eigenvalue weighted by molar-refractivity contribution is 0.0914. The SMILES string of the molecule is CCc1ccc(C(=O)NCC2CCC(Br)CC2)o1. The van der Waals surface area contributed by atoms with Gasteiger partial charge in [-0.15, -0.1) is 0 Å². The highest BCUT2D eigenvalue weighted by atomic mass is 79.9. The molecule has 1 aliphatic carbocycles. The molecule has 1 fully saturated rings. The second-order valence-corrected chi connectivity index (χ2v) is 6.24. The van der Waals surface area contributed by atoms with Gasteiger partial charge in [0.2, 0.25) is 0 Å². The van der Waals surface area contributed by atoms with Gasteiger partial charge in [-0.05, 0) is 43.7 Å². The Bertz CT molecular complexity index is 394. The largest absolute Gasteiger partial charge is 0.456 e. The molecular formula is C14H20BrNO2. The number of aryl methyl sites for hydroxylation is 1. The summed E-state index contributed by atoms with van der Waals surface area (Å²) in [5.41, 5.74) is 0. The van der Waals surface area contributed by atoms with Crippen molar-refractivity contribution >= 4 is 21.8 Å². The number of rotatable bonds is 4. The number of carbonyl (C=O) groups is 1. The Morgan fingerprint density at radius 1 is 1.39 bits per heavy atom. The maximum atomic E-state index is 11.9. The first-order chi connectivity index (χ1) is 8.69. The van der Waals surface area contributed by atoms with Crippen molar-refractivity contribution in [1.82, 2.24) is 5.32 Å². The van der Waals surface area contributed by atoms with E-state index in [1.807, 2.05) is 13.0 Å². The molecule has 100 valence electrons. The average molecular weight is 314 g/mol. The Morgan fingerprint density at radius 2 is 2.11 bits per heavy atom. The highest BCUT2D eigenvalue weighted by molar-refractivity contribution is 9.09. The Balaban J connectivity index is 1.77. The summed E-state index contributed by atoms with van der Waals surface area (Å²) in [7, 11) is 0. The van der Waals surface area contributed by atoms with Crippen LogP contribution in [0.4, 0.5) is 0 Å². The van der Waals surface area contributed by atoms with E-state index in [1.165, 1.54) is 25.7 Å². The lowest BCUT2D eigenvalue weighted by atomic mass is 9.89. The van der Waals surface area contributed by atoms with Gasteiger partial charge in [-0.1, -0.05) is 22.9 Å². The molecule has 1 N–H and O–H groups in total. The summed E-state index contributed by atoms with van der Waals surface area (Å²) in [6.07, 6.45) is 5.62. The summed E-state index contributed by atoms with van der Waals surface area (Å²) in [6.45, 7) is 2.78. The number of amides is 1. The molecule has 2 rings (SSSR count). The molecule has 0 aliphatic heterocycles. The molecule has 0 bridgehead atoms. The van der Waals surface area contributed by atoms with E-state index >= 15 is 0 Å². The Labute approximate surface area is 116 Å². The third kappa shape index (κ3) is 3.61. The Hall–Kier alpha value is -0.770. The Kier molecular flexibility index (Phi) is 4.87. The lowest BCUT2D eigenvalue weighted by Crippen LogP contribution is -2.31. The van der Waals surface area contributed by atoms with E-state index in [0.29, 0.717) is 16.5 Å². The molecule has 1 aromatic heterocycles. The first-order valence-electron chi connectivity index (χ1n) is 6.70. The van der Waals surface area contributed by atoms with Crippen molar-refractivity contribution in [3.63, 3.8) is 0 Å². The molecule has 4 heteroatoms. The summed E-state index contributed by atoms with van der Waals surface area (Å²) >= 11 is 3.64. The predicted molar refractivity (Wildman–Crippen MR) is 75.1 cm³/mol. The molecule has 0 saturated heterocycles. The van der Waals surface area contributed by atoms with E-state index in [2.05, 4.69) is 21.2 Å². The number of halogens is 1. The number of carbonyl (C=O) groups excluding carboxylic acids is 1. The molecule has 1 aromatic rings. The van der Waals surface area contributed by atoms with Gasteiger partial charge in [-0.3, -0.25) is 4.79 Å². The van der Waals surface area contributed by atoms with Crippen molar-refractivity contribution in [2.24, 2.45) is 5.92 Å². The fraction of sp³-hybridized carbons (Fsp3) is 0.643. The smallest absolute Gasteiger partial charge is 0.287 e. The number of nitrogens with one attached hydrogen (secondary N) is 1. The van der Waals surface area contributed by atoms with Gasteiger partial charge < -0.3 is 9.73 Å². The maximum Gasteiger partial charge on any atom is 0.287 e. The molecule has 1 amide bonds. The Morgan fingerprint density at radius 3 is 2.72 bits per heavy atom. The van der Waals surface area contributed by atoms with Gasteiger partial charge in [0.05, 0.1) is 0 Å². The van der Waals surface area contributed by atoms with E-state index in [-0.39, 0.29) is 5.91 Å². The van der Waals surface area contributed by atoms with E-state index in [9.17, 15) is 4.79 Å². The van der Waals surface area contributed by atoms with Crippen LogP contribution >= 0.6 is 15.9 Å². The van der Waals surface area contributed by atoms with Crippen LogP contribution in [0.1, 0.15) is 48.9 Å². The molecule has 0 spiro atoms. The quantitative estimate of drug-likeness (QED) is 0.864. The summed E-state index contributed by atoms with van der Waals surface area (Å²) in [6, 6.07) is 3.62. The summed E-state index contributed by atoms with van der Waals surface area (Å²) in [5.74, 6) is 1.82. The van der Waals surface area contributed by atoms with Crippen LogP contribution in [-0.2, 0) is 6.42 Å². The minimum absolute atomic E-state index is 0.0873. The minimum atomic E-state index is -0.0873. The van der Waals surface area contributed by atoms with Crippen molar-refractivity contribution < 1.29 is 9.21 Å². The molecule has 18 heavy (non-hydrogen) atoms. The molecule has 3 nitrogen and oxygen atoms in total. The topological polar surface area (TPSA) is 42.2 Å². The second-order valence-electron chi connectivity index (χ2n) is 4.95. The number of hydrogen-bond donors (Lipinski definition) is 1. The molecule has 0 unspecified atom stereocenters. The second kappa shape index (κ2) is 6.41. The zero-order valence-electron chi connectivity index (χ0n) is 10.7. The summed E-state index contributed by atoms with van der Waals surface area (Å²) in [5, 5.41) is 2.97. The lowest BCUT2D eigenvalue weighted by Gasteiger charge is -2.25. The number of hydrogen-bond acceptors (Lipinski definition) is 2. The van der Waals surface area contributed by atoms with Crippen LogP contribution in [0.15, 0.2) is 16.5 Å². The maximum absolute atomic E-state index is 11.9.